The van der Waals surface area contributed by atoms with E-state index in [-0.39, 0.29) is 12.7 Å². The SMILES string of the molecule is CCC(O)CC1CC(NC2CC2)CN(CCO)C1. The quantitative estimate of drug-likeness (QED) is 0.624. The van der Waals surface area contributed by atoms with Crippen molar-refractivity contribution < 1.29 is 10.2 Å². The second-order valence-electron chi connectivity index (χ2n) is 6.02. The third-order valence-corrected chi connectivity index (χ3v) is 4.15. The van der Waals surface area contributed by atoms with E-state index in [1.807, 2.05) is 6.92 Å². The van der Waals surface area contributed by atoms with Crippen molar-refractivity contribution in [2.24, 2.45) is 5.92 Å². The summed E-state index contributed by atoms with van der Waals surface area (Å²) in [7, 11) is 0. The number of piperidine rings is 1. The van der Waals surface area contributed by atoms with Crippen LogP contribution in [0.25, 0.3) is 0 Å². The zero-order valence-corrected chi connectivity index (χ0v) is 11.5. The van der Waals surface area contributed by atoms with E-state index < -0.39 is 0 Å². The molecule has 3 atom stereocenters. The molecule has 106 valence electrons. The van der Waals surface area contributed by atoms with Crippen molar-refractivity contribution >= 4 is 0 Å². The third-order valence-electron chi connectivity index (χ3n) is 4.15. The summed E-state index contributed by atoms with van der Waals surface area (Å²) >= 11 is 0. The predicted molar refractivity (Wildman–Crippen MR) is 72.5 cm³/mol. The summed E-state index contributed by atoms with van der Waals surface area (Å²) in [6.45, 7) is 5.12. The third kappa shape index (κ3) is 4.50. The lowest BCUT2D eigenvalue weighted by Crippen LogP contribution is -2.51. The number of nitrogens with one attached hydrogen (secondary N) is 1. The lowest BCUT2D eigenvalue weighted by atomic mass is 9.89. The first-order valence-corrected chi connectivity index (χ1v) is 7.48. The Morgan fingerprint density at radius 2 is 2.06 bits per heavy atom. The zero-order chi connectivity index (χ0) is 13.0. The largest absolute Gasteiger partial charge is 0.395 e. The predicted octanol–water partition coefficient (Wildman–Crippen LogP) is 0.582. The van der Waals surface area contributed by atoms with Gasteiger partial charge in [-0.2, -0.15) is 0 Å². The van der Waals surface area contributed by atoms with Gasteiger partial charge < -0.3 is 15.5 Å². The van der Waals surface area contributed by atoms with Gasteiger partial charge in [-0.3, -0.25) is 4.90 Å². The molecule has 1 aliphatic heterocycles. The summed E-state index contributed by atoms with van der Waals surface area (Å²) in [4.78, 5) is 2.34. The molecule has 1 heterocycles. The summed E-state index contributed by atoms with van der Waals surface area (Å²) in [5.74, 6) is 0.566. The molecule has 2 fully saturated rings. The van der Waals surface area contributed by atoms with Gasteiger partial charge in [-0.15, -0.1) is 0 Å². The van der Waals surface area contributed by atoms with Crippen molar-refractivity contribution in [3.8, 4) is 0 Å². The van der Waals surface area contributed by atoms with E-state index in [1.54, 1.807) is 0 Å². The smallest absolute Gasteiger partial charge is 0.0558 e. The van der Waals surface area contributed by atoms with E-state index in [0.29, 0.717) is 12.0 Å². The summed E-state index contributed by atoms with van der Waals surface area (Å²) < 4.78 is 0. The van der Waals surface area contributed by atoms with E-state index in [2.05, 4.69) is 10.2 Å². The summed E-state index contributed by atoms with van der Waals surface area (Å²) in [5, 5.41) is 22.6. The Morgan fingerprint density at radius 3 is 2.67 bits per heavy atom. The summed E-state index contributed by atoms with van der Waals surface area (Å²) in [5.41, 5.74) is 0. The average molecular weight is 256 g/mol. The van der Waals surface area contributed by atoms with Crippen LogP contribution in [-0.4, -0.2) is 59.5 Å². The number of hydrogen-bond donors (Lipinski definition) is 3. The molecule has 3 unspecified atom stereocenters. The molecule has 18 heavy (non-hydrogen) atoms. The minimum Gasteiger partial charge on any atom is -0.395 e. The fourth-order valence-corrected chi connectivity index (χ4v) is 3.05. The topological polar surface area (TPSA) is 55.7 Å². The maximum atomic E-state index is 9.82. The van der Waals surface area contributed by atoms with Crippen LogP contribution in [-0.2, 0) is 0 Å². The standard InChI is InChI=1S/C14H28N2O2/c1-2-14(18)8-11-7-13(15-12-3-4-12)10-16(9-11)5-6-17/h11-15,17-18H,2-10H2,1H3. The van der Waals surface area contributed by atoms with Crippen molar-refractivity contribution in [1.82, 2.24) is 10.2 Å². The fraction of sp³-hybridized carbons (Fsp3) is 1.00. The molecule has 4 nitrogen and oxygen atoms in total. The van der Waals surface area contributed by atoms with Gasteiger partial charge >= 0.3 is 0 Å². The van der Waals surface area contributed by atoms with Crippen LogP contribution in [0, 0.1) is 5.92 Å². The molecule has 1 aliphatic carbocycles. The van der Waals surface area contributed by atoms with Gasteiger partial charge in [-0.25, -0.2) is 0 Å². The first-order chi connectivity index (χ1) is 8.71. The zero-order valence-electron chi connectivity index (χ0n) is 11.5. The molecule has 4 heteroatoms. The number of aliphatic hydroxyl groups excluding tert-OH is 2. The number of hydrogen-bond acceptors (Lipinski definition) is 4. The Morgan fingerprint density at radius 1 is 1.28 bits per heavy atom. The molecular weight excluding hydrogens is 228 g/mol. The molecule has 0 aromatic rings. The normalized spacial score (nSPS) is 31.5. The van der Waals surface area contributed by atoms with E-state index in [4.69, 9.17) is 5.11 Å². The maximum absolute atomic E-state index is 9.82. The molecule has 0 aromatic carbocycles. The molecule has 2 aliphatic rings. The van der Waals surface area contributed by atoms with Gasteiger partial charge in [0.05, 0.1) is 12.7 Å². The first-order valence-electron chi connectivity index (χ1n) is 7.48. The molecule has 0 radical (unpaired) electrons. The van der Waals surface area contributed by atoms with Crippen molar-refractivity contribution in [1.29, 1.82) is 0 Å². The maximum Gasteiger partial charge on any atom is 0.0558 e. The molecule has 0 aromatic heterocycles. The van der Waals surface area contributed by atoms with Gasteiger partial charge in [-0.1, -0.05) is 6.92 Å². The highest BCUT2D eigenvalue weighted by Gasteiger charge is 2.31. The fourth-order valence-electron chi connectivity index (χ4n) is 3.05. The van der Waals surface area contributed by atoms with Gasteiger partial charge in [0.25, 0.3) is 0 Å². The Bertz CT molecular complexity index is 246. The van der Waals surface area contributed by atoms with Crippen LogP contribution in [0.1, 0.15) is 39.0 Å². The second kappa shape index (κ2) is 6.85. The monoisotopic (exact) mass is 256 g/mol. The van der Waals surface area contributed by atoms with E-state index in [9.17, 15) is 5.11 Å². The highest BCUT2D eigenvalue weighted by atomic mass is 16.3. The van der Waals surface area contributed by atoms with Gasteiger partial charge in [0.1, 0.15) is 0 Å². The Kier molecular flexibility index (Phi) is 5.42. The van der Waals surface area contributed by atoms with Crippen molar-refractivity contribution in [3.63, 3.8) is 0 Å². The van der Waals surface area contributed by atoms with Crippen molar-refractivity contribution in [2.75, 3.05) is 26.2 Å². The van der Waals surface area contributed by atoms with Crippen LogP contribution in [0.4, 0.5) is 0 Å². The molecule has 0 spiro atoms. The van der Waals surface area contributed by atoms with Crippen LogP contribution in [0.15, 0.2) is 0 Å². The van der Waals surface area contributed by atoms with E-state index in [1.165, 1.54) is 19.3 Å². The van der Waals surface area contributed by atoms with Gasteiger partial charge in [0, 0.05) is 31.7 Å². The average Bonchev–Trinajstić information content (AvgIpc) is 3.13. The highest BCUT2D eigenvalue weighted by Crippen LogP contribution is 2.26. The lowest BCUT2D eigenvalue weighted by molar-refractivity contribution is 0.0744. The van der Waals surface area contributed by atoms with E-state index in [0.717, 1.165) is 38.5 Å². The van der Waals surface area contributed by atoms with E-state index >= 15 is 0 Å². The Balaban J connectivity index is 1.83. The Hall–Kier alpha value is -0.160. The van der Waals surface area contributed by atoms with Crippen LogP contribution in [0.3, 0.4) is 0 Å². The molecular formula is C14H28N2O2. The minimum atomic E-state index is -0.161. The van der Waals surface area contributed by atoms with Gasteiger partial charge in [0.15, 0.2) is 0 Å². The van der Waals surface area contributed by atoms with Crippen LogP contribution in [0.5, 0.6) is 0 Å². The van der Waals surface area contributed by atoms with Crippen LogP contribution >= 0.6 is 0 Å². The first kappa shape index (κ1) is 14.3. The van der Waals surface area contributed by atoms with Crippen molar-refractivity contribution in [3.05, 3.63) is 0 Å². The highest BCUT2D eigenvalue weighted by molar-refractivity contribution is 4.90. The van der Waals surface area contributed by atoms with Crippen molar-refractivity contribution in [2.45, 2.75) is 57.2 Å². The van der Waals surface area contributed by atoms with Crippen LogP contribution in [0.2, 0.25) is 0 Å². The molecule has 1 saturated heterocycles. The number of rotatable bonds is 7. The number of aliphatic hydroxyl groups is 2. The summed E-state index contributed by atoms with van der Waals surface area (Å²) in [6, 6.07) is 1.28. The number of β-amino-alcohol motifs (C(OH)–C–C–N with tert-alkyl or cyclic N) is 1. The number of likely N-dealkylation sites (tertiary alicyclic amines) is 1. The Labute approximate surface area is 110 Å². The van der Waals surface area contributed by atoms with Crippen LogP contribution < -0.4 is 5.32 Å². The molecule has 3 N–H and O–H groups in total. The molecule has 0 amide bonds. The molecule has 0 bridgehead atoms. The lowest BCUT2D eigenvalue weighted by Gasteiger charge is -2.38. The minimum absolute atomic E-state index is 0.161. The molecule has 1 saturated carbocycles. The second-order valence-corrected chi connectivity index (χ2v) is 6.02. The summed E-state index contributed by atoms with van der Waals surface area (Å²) in [6.07, 6.45) is 5.40. The molecule has 2 rings (SSSR count). The number of nitrogens with zero attached hydrogens (tertiary/aromatic N) is 1. The van der Waals surface area contributed by atoms with Gasteiger partial charge in [-0.05, 0) is 38.0 Å². The van der Waals surface area contributed by atoms with Gasteiger partial charge in [0.2, 0.25) is 0 Å².